The van der Waals surface area contributed by atoms with Crippen LogP contribution in [0.1, 0.15) is 5.56 Å². The molecule has 0 aliphatic carbocycles. The largest absolute Gasteiger partial charge is 0.422 e. The zero-order chi connectivity index (χ0) is 22.4. The van der Waals surface area contributed by atoms with E-state index in [1.54, 1.807) is 6.07 Å². The van der Waals surface area contributed by atoms with Crippen LogP contribution in [0.3, 0.4) is 0 Å². The number of nitrogens with one attached hydrogen (secondary N) is 2. The first-order chi connectivity index (χ1) is 16.2. The highest BCUT2D eigenvalue weighted by Crippen LogP contribution is 2.29. The maximum absolute atomic E-state index is 12.7. The minimum Gasteiger partial charge on any atom is -0.422 e. The van der Waals surface area contributed by atoms with Crippen LogP contribution in [0.15, 0.2) is 92.2 Å². The second kappa shape index (κ2) is 7.72. The van der Waals surface area contributed by atoms with Gasteiger partial charge in [0, 0.05) is 34.3 Å². The molecule has 3 heterocycles. The number of H-pyrrole nitrogens is 1. The third-order valence-electron chi connectivity index (χ3n) is 5.69. The van der Waals surface area contributed by atoms with Gasteiger partial charge < -0.3 is 14.7 Å². The van der Waals surface area contributed by atoms with Gasteiger partial charge in [0.2, 0.25) is 5.56 Å². The Bertz CT molecular complexity index is 1780. The summed E-state index contributed by atoms with van der Waals surface area (Å²) in [5.74, 6) is 0. The number of aromatic nitrogens is 2. The van der Waals surface area contributed by atoms with Crippen molar-refractivity contribution in [2.75, 3.05) is 5.32 Å². The fourth-order valence-corrected chi connectivity index (χ4v) is 4.83. The van der Waals surface area contributed by atoms with Crippen molar-refractivity contribution in [1.29, 1.82) is 0 Å². The Kier molecular flexibility index (Phi) is 4.55. The molecule has 33 heavy (non-hydrogen) atoms. The van der Waals surface area contributed by atoms with Gasteiger partial charge >= 0.3 is 5.63 Å². The van der Waals surface area contributed by atoms with Gasteiger partial charge in [-0.2, -0.15) is 0 Å². The molecule has 160 valence electrons. The van der Waals surface area contributed by atoms with Gasteiger partial charge in [0.15, 0.2) is 5.13 Å². The van der Waals surface area contributed by atoms with Crippen LogP contribution in [0.4, 0.5) is 5.13 Å². The molecule has 6 nitrogen and oxygen atoms in total. The lowest BCUT2D eigenvalue weighted by atomic mass is 10.0. The molecule has 3 aromatic heterocycles. The summed E-state index contributed by atoms with van der Waals surface area (Å²) in [6, 6.07) is 22.9. The molecule has 0 aliphatic rings. The molecule has 0 spiro atoms. The summed E-state index contributed by atoms with van der Waals surface area (Å²) in [5.41, 5.74) is 2.63. The number of anilines is 1. The van der Waals surface area contributed by atoms with Crippen molar-refractivity contribution in [2.24, 2.45) is 0 Å². The lowest BCUT2D eigenvalue weighted by Crippen LogP contribution is -2.09. The number of para-hydroxylation sites is 1. The molecule has 6 aromatic rings. The Morgan fingerprint density at radius 2 is 1.73 bits per heavy atom. The molecule has 6 rings (SSSR count). The molecule has 7 heteroatoms. The summed E-state index contributed by atoms with van der Waals surface area (Å²) >= 11 is 1.40. The molecule has 0 unspecified atom stereocenters. The number of rotatable bonds is 4. The SMILES string of the molecule is O=c1cc(CNc2nc(-c3cc4c(ccc5ccccc54)oc3=O)cs2)c2ccccc2[nH]1. The summed E-state index contributed by atoms with van der Waals surface area (Å²) in [5, 5.41) is 9.73. The van der Waals surface area contributed by atoms with E-state index in [1.165, 1.54) is 11.3 Å². The number of aromatic amines is 1. The number of hydrogen-bond donors (Lipinski definition) is 2. The first-order valence-electron chi connectivity index (χ1n) is 10.4. The van der Waals surface area contributed by atoms with Crippen LogP contribution >= 0.6 is 11.3 Å². The minimum absolute atomic E-state index is 0.147. The molecule has 0 bridgehead atoms. The van der Waals surface area contributed by atoms with Gasteiger partial charge in [0.05, 0.1) is 11.3 Å². The van der Waals surface area contributed by atoms with Gasteiger partial charge in [-0.15, -0.1) is 11.3 Å². The van der Waals surface area contributed by atoms with E-state index in [9.17, 15) is 9.59 Å². The summed E-state index contributed by atoms with van der Waals surface area (Å²) in [6.45, 7) is 0.439. The minimum atomic E-state index is -0.421. The molecule has 0 saturated carbocycles. The zero-order valence-corrected chi connectivity index (χ0v) is 18.1. The number of benzene rings is 3. The molecule has 0 saturated heterocycles. The van der Waals surface area contributed by atoms with E-state index >= 15 is 0 Å². The molecular formula is C26H17N3O3S. The van der Waals surface area contributed by atoms with Crippen LogP contribution in [0, 0.1) is 0 Å². The van der Waals surface area contributed by atoms with Gasteiger partial charge in [-0.25, -0.2) is 9.78 Å². The summed E-state index contributed by atoms with van der Waals surface area (Å²) in [7, 11) is 0. The Morgan fingerprint density at radius 1 is 0.909 bits per heavy atom. The van der Waals surface area contributed by atoms with Crippen LogP contribution in [0.25, 0.3) is 43.9 Å². The van der Waals surface area contributed by atoms with Crippen LogP contribution in [-0.2, 0) is 6.54 Å². The molecular weight excluding hydrogens is 434 g/mol. The fourth-order valence-electron chi connectivity index (χ4n) is 4.12. The number of pyridine rings is 1. The van der Waals surface area contributed by atoms with Crippen LogP contribution in [0.2, 0.25) is 0 Å². The van der Waals surface area contributed by atoms with Crippen molar-refractivity contribution in [3.8, 4) is 11.3 Å². The van der Waals surface area contributed by atoms with Crippen LogP contribution in [-0.4, -0.2) is 9.97 Å². The predicted octanol–water partition coefficient (Wildman–Crippen LogP) is 5.52. The summed E-state index contributed by atoms with van der Waals surface area (Å²) in [6.07, 6.45) is 0. The van der Waals surface area contributed by atoms with Crippen molar-refractivity contribution in [3.05, 3.63) is 105 Å². The number of fused-ring (bicyclic) bond motifs is 4. The fraction of sp³-hybridized carbons (Fsp3) is 0.0385. The van der Waals surface area contributed by atoms with Crippen molar-refractivity contribution in [1.82, 2.24) is 9.97 Å². The normalized spacial score (nSPS) is 11.4. The quantitative estimate of drug-likeness (QED) is 0.272. The Labute approximate surface area is 191 Å². The Hall–Kier alpha value is -4.23. The first-order valence-corrected chi connectivity index (χ1v) is 11.3. The van der Waals surface area contributed by atoms with Crippen LogP contribution < -0.4 is 16.5 Å². The summed E-state index contributed by atoms with van der Waals surface area (Å²) in [4.78, 5) is 32.1. The van der Waals surface area contributed by atoms with Crippen molar-refractivity contribution < 1.29 is 4.42 Å². The molecule has 3 aromatic carbocycles. The Balaban J connectivity index is 1.35. The third-order valence-corrected chi connectivity index (χ3v) is 6.49. The van der Waals surface area contributed by atoms with E-state index in [0.29, 0.717) is 28.5 Å². The Morgan fingerprint density at radius 3 is 2.64 bits per heavy atom. The van der Waals surface area contributed by atoms with Crippen LogP contribution in [0.5, 0.6) is 0 Å². The molecule has 2 N–H and O–H groups in total. The predicted molar refractivity (Wildman–Crippen MR) is 133 cm³/mol. The number of nitrogens with zero attached hydrogens (tertiary/aromatic N) is 1. The third kappa shape index (κ3) is 3.48. The monoisotopic (exact) mass is 451 g/mol. The molecule has 0 aliphatic heterocycles. The van der Waals surface area contributed by atoms with E-state index < -0.39 is 5.63 Å². The van der Waals surface area contributed by atoms with E-state index in [-0.39, 0.29) is 5.56 Å². The second-order valence-electron chi connectivity index (χ2n) is 7.74. The first kappa shape index (κ1) is 19.5. The maximum atomic E-state index is 12.7. The van der Waals surface area contributed by atoms with Crippen molar-refractivity contribution in [3.63, 3.8) is 0 Å². The average molecular weight is 452 g/mol. The molecule has 0 atom stereocenters. The number of thiazole rings is 1. The molecule has 0 amide bonds. The van der Waals surface area contributed by atoms with Gasteiger partial charge in [-0.3, -0.25) is 4.79 Å². The standard InChI is InChI=1S/C26H17N3O3S/c30-24-11-16(18-7-3-4-8-21(18)28-24)13-27-26-29-22(14-33-26)20-12-19-17-6-2-1-5-15(17)9-10-23(19)32-25(20)31/h1-12,14H,13H2,(H,27,29)(H,28,30). The van der Waals surface area contributed by atoms with Gasteiger partial charge in [-0.1, -0.05) is 48.5 Å². The highest BCUT2D eigenvalue weighted by Gasteiger charge is 2.13. The topological polar surface area (TPSA) is 88.0 Å². The molecule has 0 fully saturated rings. The smallest absolute Gasteiger partial charge is 0.345 e. The van der Waals surface area contributed by atoms with E-state index in [2.05, 4.69) is 15.3 Å². The molecule has 0 radical (unpaired) electrons. The van der Waals surface area contributed by atoms with Gasteiger partial charge in [0.1, 0.15) is 5.58 Å². The second-order valence-corrected chi connectivity index (χ2v) is 8.60. The van der Waals surface area contributed by atoms with Gasteiger partial charge in [0.25, 0.3) is 0 Å². The number of hydrogen-bond acceptors (Lipinski definition) is 6. The van der Waals surface area contributed by atoms with E-state index in [0.717, 1.165) is 32.6 Å². The lowest BCUT2D eigenvalue weighted by molar-refractivity contribution is 0.563. The maximum Gasteiger partial charge on any atom is 0.345 e. The van der Waals surface area contributed by atoms with E-state index in [1.807, 2.05) is 72.1 Å². The van der Waals surface area contributed by atoms with Crippen molar-refractivity contribution >= 4 is 49.1 Å². The zero-order valence-electron chi connectivity index (χ0n) is 17.3. The van der Waals surface area contributed by atoms with E-state index in [4.69, 9.17) is 4.42 Å². The van der Waals surface area contributed by atoms with Gasteiger partial charge in [-0.05, 0) is 34.5 Å². The average Bonchev–Trinajstić information content (AvgIpc) is 3.30. The lowest BCUT2D eigenvalue weighted by Gasteiger charge is -2.07. The summed E-state index contributed by atoms with van der Waals surface area (Å²) < 4.78 is 5.61. The highest BCUT2D eigenvalue weighted by atomic mass is 32.1. The highest BCUT2D eigenvalue weighted by molar-refractivity contribution is 7.14. The van der Waals surface area contributed by atoms with Crippen molar-refractivity contribution in [2.45, 2.75) is 6.54 Å².